The molecule has 2 heteroatoms. The maximum Gasteiger partial charge on any atom is 0.125 e. The summed E-state index contributed by atoms with van der Waals surface area (Å²) in [7, 11) is 2.15. The monoisotopic (exact) mass is 462 g/mol. The molecule has 6 aromatic rings. The van der Waals surface area contributed by atoms with Gasteiger partial charge in [0.1, 0.15) is 6.17 Å². The van der Waals surface area contributed by atoms with Crippen molar-refractivity contribution in [1.29, 1.82) is 0 Å². The number of para-hydroxylation sites is 2. The van der Waals surface area contributed by atoms with Crippen LogP contribution in [0.1, 0.15) is 11.7 Å². The van der Waals surface area contributed by atoms with E-state index in [9.17, 15) is 0 Å². The summed E-state index contributed by atoms with van der Waals surface area (Å²) in [4.78, 5) is 2.31. The molecule has 1 atom stereocenters. The van der Waals surface area contributed by atoms with Crippen molar-refractivity contribution in [3.05, 3.63) is 133 Å². The Hall–Kier alpha value is -4.56. The van der Waals surface area contributed by atoms with Crippen LogP contribution in [0.5, 0.6) is 0 Å². The lowest BCUT2D eigenvalue weighted by molar-refractivity contribution is 0.792. The lowest BCUT2D eigenvalue weighted by Crippen LogP contribution is -2.23. The lowest BCUT2D eigenvalue weighted by atomic mass is 9.86. The van der Waals surface area contributed by atoms with Gasteiger partial charge in [-0.15, -0.1) is 0 Å². The number of hydrogen-bond acceptors (Lipinski definition) is 2. The second-order valence-corrected chi connectivity index (χ2v) is 9.50. The van der Waals surface area contributed by atoms with Crippen LogP contribution in [0.25, 0.3) is 43.8 Å². The summed E-state index contributed by atoms with van der Waals surface area (Å²) in [5, 5.41) is 8.81. The molecule has 172 valence electrons. The first kappa shape index (κ1) is 20.8. The third-order valence-corrected chi connectivity index (χ3v) is 7.47. The maximum absolute atomic E-state index is 3.67. The molecule has 0 bridgehead atoms. The normalized spacial score (nSPS) is 14.7. The Morgan fingerprint density at radius 2 is 0.972 bits per heavy atom. The summed E-state index contributed by atoms with van der Waals surface area (Å²) in [6, 6.07) is 46.0. The van der Waals surface area contributed by atoms with Gasteiger partial charge in [0, 0.05) is 7.05 Å². The van der Waals surface area contributed by atoms with Gasteiger partial charge in [-0.2, -0.15) is 0 Å². The predicted octanol–water partition coefficient (Wildman–Crippen LogP) is 8.89. The topological polar surface area (TPSA) is 15.3 Å². The molecule has 0 spiro atoms. The molecule has 0 aromatic heterocycles. The molecule has 0 saturated heterocycles. The van der Waals surface area contributed by atoms with E-state index in [4.69, 9.17) is 0 Å². The number of rotatable bonds is 3. The number of nitrogens with one attached hydrogen (secondary N) is 1. The Kier molecular flexibility index (Phi) is 4.78. The van der Waals surface area contributed by atoms with Crippen molar-refractivity contribution in [1.82, 2.24) is 0 Å². The molecular formula is C34H26N2. The zero-order valence-corrected chi connectivity index (χ0v) is 20.1. The van der Waals surface area contributed by atoms with E-state index in [0.717, 1.165) is 0 Å². The van der Waals surface area contributed by atoms with Crippen molar-refractivity contribution in [2.24, 2.45) is 0 Å². The summed E-state index contributed by atoms with van der Waals surface area (Å²) in [6.45, 7) is 0. The van der Waals surface area contributed by atoms with E-state index >= 15 is 0 Å². The highest BCUT2D eigenvalue weighted by molar-refractivity contribution is 6.21. The van der Waals surface area contributed by atoms with Gasteiger partial charge in [-0.3, -0.25) is 0 Å². The fraction of sp³-hybridized carbons (Fsp3) is 0.0588. The number of nitrogens with zero attached hydrogens (tertiary/aromatic N) is 1. The van der Waals surface area contributed by atoms with Gasteiger partial charge in [-0.05, 0) is 61.5 Å². The van der Waals surface area contributed by atoms with Crippen molar-refractivity contribution >= 4 is 32.9 Å². The number of benzene rings is 6. The first-order valence-electron chi connectivity index (χ1n) is 12.5. The minimum Gasteiger partial charge on any atom is -0.360 e. The molecule has 7 rings (SSSR count). The largest absolute Gasteiger partial charge is 0.360 e. The van der Waals surface area contributed by atoms with E-state index < -0.39 is 0 Å². The number of anilines is 2. The van der Waals surface area contributed by atoms with Crippen molar-refractivity contribution in [2.45, 2.75) is 6.17 Å². The van der Waals surface area contributed by atoms with Crippen molar-refractivity contribution in [2.75, 3.05) is 17.3 Å². The third-order valence-electron chi connectivity index (χ3n) is 7.47. The lowest BCUT2D eigenvalue weighted by Gasteiger charge is -2.23. The first-order chi connectivity index (χ1) is 17.8. The van der Waals surface area contributed by atoms with Gasteiger partial charge in [0.25, 0.3) is 0 Å². The third kappa shape index (κ3) is 3.19. The highest BCUT2D eigenvalue weighted by Gasteiger charge is 2.26. The second kappa shape index (κ2) is 8.28. The highest BCUT2D eigenvalue weighted by Crippen LogP contribution is 2.44. The van der Waals surface area contributed by atoms with Crippen LogP contribution in [-0.4, -0.2) is 7.05 Å². The van der Waals surface area contributed by atoms with Gasteiger partial charge >= 0.3 is 0 Å². The smallest absolute Gasteiger partial charge is 0.125 e. The Balaban J connectivity index is 1.40. The molecule has 0 fully saturated rings. The molecule has 0 radical (unpaired) electrons. The van der Waals surface area contributed by atoms with Gasteiger partial charge in [-0.1, -0.05) is 115 Å². The zero-order chi connectivity index (χ0) is 24.1. The van der Waals surface area contributed by atoms with Crippen LogP contribution in [0.4, 0.5) is 11.4 Å². The SMILES string of the molecule is CN1c2ccccc2NC1c1ccc(-c2c3ccccc3c(-c3ccccc3)c3ccccc23)cc1. The molecule has 1 aliphatic heterocycles. The molecule has 36 heavy (non-hydrogen) atoms. The van der Waals surface area contributed by atoms with E-state index in [-0.39, 0.29) is 6.17 Å². The van der Waals surface area contributed by atoms with E-state index in [2.05, 4.69) is 145 Å². The summed E-state index contributed by atoms with van der Waals surface area (Å²) < 4.78 is 0. The Morgan fingerprint density at radius 3 is 1.53 bits per heavy atom. The first-order valence-corrected chi connectivity index (χ1v) is 12.5. The van der Waals surface area contributed by atoms with Crippen molar-refractivity contribution in [3.63, 3.8) is 0 Å². The Bertz CT molecular complexity index is 1660. The van der Waals surface area contributed by atoms with Crippen LogP contribution < -0.4 is 10.2 Å². The molecule has 1 heterocycles. The average molecular weight is 463 g/mol. The van der Waals surface area contributed by atoms with Gasteiger partial charge in [0.15, 0.2) is 0 Å². The van der Waals surface area contributed by atoms with Gasteiger partial charge < -0.3 is 10.2 Å². The van der Waals surface area contributed by atoms with Crippen LogP contribution in [0.3, 0.4) is 0 Å². The molecule has 0 saturated carbocycles. The molecule has 1 unspecified atom stereocenters. The van der Waals surface area contributed by atoms with Crippen LogP contribution in [0.15, 0.2) is 127 Å². The summed E-state index contributed by atoms with van der Waals surface area (Å²) >= 11 is 0. The van der Waals surface area contributed by atoms with Crippen LogP contribution >= 0.6 is 0 Å². The molecule has 0 amide bonds. The maximum atomic E-state index is 3.67. The molecule has 0 aliphatic carbocycles. The average Bonchev–Trinajstić information content (AvgIpc) is 3.28. The summed E-state index contributed by atoms with van der Waals surface area (Å²) in [5.41, 5.74) is 8.76. The van der Waals surface area contributed by atoms with Crippen molar-refractivity contribution in [3.8, 4) is 22.3 Å². The predicted molar refractivity (Wildman–Crippen MR) is 154 cm³/mol. The highest BCUT2D eigenvalue weighted by atomic mass is 15.3. The van der Waals surface area contributed by atoms with E-state index in [1.807, 2.05) is 0 Å². The molecule has 2 nitrogen and oxygen atoms in total. The van der Waals surface area contributed by atoms with Crippen LogP contribution in [0.2, 0.25) is 0 Å². The Labute approximate surface area is 211 Å². The molecule has 6 aromatic carbocycles. The summed E-state index contributed by atoms with van der Waals surface area (Å²) in [5.74, 6) is 0. The fourth-order valence-electron chi connectivity index (χ4n) is 5.78. The molecular weight excluding hydrogens is 436 g/mol. The quantitative estimate of drug-likeness (QED) is 0.264. The van der Waals surface area contributed by atoms with Crippen LogP contribution in [0, 0.1) is 0 Å². The van der Waals surface area contributed by atoms with E-state index in [1.54, 1.807) is 0 Å². The van der Waals surface area contributed by atoms with Crippen molar-refractivity contribution < 1.29 is 0 Å². The van der Waals surface area contributed by atoms with E-state index in [1.165, 1.54) is 60.7 Å². The van der Waals surface area contributed by atoms with Gasteiger partial charge in [-0.25, -0.2) is 0 Å². The van der Waals surface area contributed by atoms with Gasteiger partial charge in [0.05, 0.1) is 11.4 Å². The molecule has 1 aliphatic rings. The van der Waals surface area contributed by atoms with Gasteiger partial charge in [0.2, 0.25) is 0 Å². The minimum atomic E-state index is 0.130. The standard InChI is InChI=1S/C34H26N2/c1-36-31-18-10-9-17-30(31)35-34(36)25-21-19-24(20-22-25)33-28-15-7-5-13-26(28)32(23-11-3-2-4-12-23)27-14-6-8-16-29(27)33/h2-22,34-35H,1H3. The second-order valence-electron chi connectivity index (χ2n) is 9.50. The minimum absolute atomic E-state index is 0.130. The van der Waals surface area contributed by atoms with E-state index in [0.29, 0.717) is 0 Å². The Morgan fingerprint density at radius 1 is 0.500 bits per heavy atom. The van der Waals surface area contributed by atoms with Crippen LogP contribution in [-0.2, 0) is 0 Å². The zero-order valence-electron chi connectivity index (χ0n) is 20.1. The summed E-state index contributed by atoms with van der Waals surface area (Å²) in [6.07, 6.45) is 0.130. The number of fused-ring (bicyclic) bond motifs is 3. The molecule has 1 N–H and O–H groups in total. The fourth-order valence-corrected chi connectivity index (χ4v) is 5.78. The number of hydrogen-bond donors (Lipinski definition) is 1.